The molecule has 6 saturated carbocycles. The van der Waals surface area contributed by atoms with E-state index in [1.54, 1.807) is 0 Å². The first kappa shape index (κ1) is 26.4. The van der Waals surface area contributed by atoms with Gasteiger partial charge in [-0.2, -0.15) is 30.4 Å². The van der Waals surface area contributed by atoms with Crippen LogP contribution in [0.5, 0.6) is 0 Å². The smallest absolute Gasteiger partial charge is 0.432 e. The lowest BCUT2D eigenvalue weighted by Crippen LogP contribution is -2.53. The highest BCUT2D eigenvalue weighted by molar-refractivity contribution is 7.86. The fourth-order valence-corrected chi connectivity index (χ4v) is 9.77. The molecule has 7 unspecified atom stereocenters. The van der Waals surface area contributed by atoms with Crippen molar-refractivity contribution in [1.29, 1.82) is 0 Å². The molecule has 0 amide bonds. The summed E-state index contributed by atoms with van der Waals surface area (Å²) < 4.78 is 108. The molecule has 7 rings (SSSR count). The number of rotatable bonds is 7. The molecule has 1 saturated heterocycles. The summed E-state index contributed by atoms with van der Waals surface area (Å²) in [7, 11) is -6.60. The van der Waals surface area contributed by atoms with E-state index in [-0.39, 0.29) is 18.6 Å². The first-order valence-corrected chi connectivity index (χ1v) is 14.3. The SMILES string of the molecule is O=C(OC(C(F)(F)F)C(F)(F)S(=O)(=O)O)C1C2CC3C(OC(=O)C31)C2CC(=O)C12CC3CC(CC(C3)C1)C2. The zero-order valence-corrected chi connectivity index (χ0v) is 20.8. The molecule has 0 aromatic rings. The number of alkyl halides is 5. The van der Waals surface area contributed by atoms with Gasteiger partial charge in [-0.1, -0.05) is 0 Å². The maximum Gasteiger partial charge on any atom is 0.432 e. The predicted molar refractivity (Wildman–Crippen MR) is 115 cm³/mol. The quantitative estimate of drug-likeness (QED) is 0.280. The Morgan fingerprint density at radius 2 is 1.55 bits per heavy atom. The van der Waals surface area contributed by atoms with Crippen LogP contribution in [0.1, 0.15) is 51.4 Å². The Kier molecular flexibility index (Phi) is 5.63. The fourth-order valence-electron chi connectivity index (χ4n) is 9.32. The third kappa shape index (κ3) is 3.75. The van der Waals surface area contributed by atoms with Gasteiger partial charge in [0.2, 0.25) is 0 Å². The Bertz CT molecular complexity index is 1150. The molecule has 0 spiro atoms. The maximum atomic E-state index is 14.0. The standard InChI is InChI=1S/C24H27F5O8S/c25-23(26,27)21(24(28,29)38(33,34)35)37-20(32)16-12-4-14-17(16)19(31)36-18(14)13(12)5-15(30)22-6-9-1-10(7-22)3-11(2-9)8-22/h9-14,16-18,21H,1-8H2,(H,33,34,35). The molecule has 1 aliphatic heterocycles. The van der Waals surface area contributed by atoms with Crippen molar-refractivity contribution in [3.8, 4) is 0 Å². The van der Waals surface area contributed by atoms with Crippen molar-refractivity contribution in [3.63, 3.8) is 0 Å². The van der Waals surface area contributed by atoms with E-state index in [4.69, 9.17) is 9.29 Å². The van der Waals surface area contributed by atoms with Crippen molar-refractivity contribution < 1.29 is 58.8 Å². The van der Waals surface area contributed by atoms with Gasteiger partial charge in [0.15, 0.2) is 0 Å². The highest BCUT2D eigenvalue weighted by Gasteiger charge is 2.71. The molecule has 0 aromatic carbocycles. The average molecular weight is 571 g/mol. The first-order valence-electron chi connectivity index (χ1n) is 12.9. The Labute approximate surface area is 214 Å². The molecule has 8 nitrogen and oxygen atoms in total. The van der Waals surface area contributed by atoms with Gasteiger partial charge in [-0.25, -0.2) is 0 Å². The lowest BCUT2D eigenvalue weighted by Gasteiger charge is -2.56. The van der Waals surface area contributed by atoms with Gasteiger partial charge in [0.1, 0.15) is 11.9 Å². The van der Waals surface area contributed by atoms with Gasteiger partial charge in [0, 0.05) is 23.7 Å². The minimum absolute atomic E-state index is 0.00755. The highest BCUT2D eigenvalue weighted by atomic mass is 32.2. The lowest BCUT2D eigenvalue weighted by atomic mass is 9.48. The van der Waals surface area contributed by atoms with Crippen LogP contribution in [0.3, 0.4) is 0 Å². The van der Waals surface area contributed by atoms with Gasteiger partial charge in [0.25, 0.3) is 6.10 Å². The number of fused-ring (bicyclic) bond motifs is 1. The van der Waals surface area contributed by atoms with E-state index < -0.39 is 80.7 Å². The fraction of sp³-hybridized carbons (Fsp3) is 0.875. The summed E-state index contributed by atoms with van der Waals surface area (Å²) in [4.78, 5) is 39.2. The van der Waals surface area contributed by atoms with E-state index in [9.17, 15) is 44.8 Å². The van der Waals surface area contributed by atoms with Crippen LogP contribution >= 0.6 is 0 Å². The molecule has 38 heavy (non-hydrogen) atoms. The number of halogens is 5. The summed E-state index contributed by atoms with van der Waals surface area (Å²) in [5.74, 6) is -6.16. The van der Waals surface area contributed by atoms with Gasteiger partial charge in [-0.15, -0.1) is 0 Å². The molecule has 7 aliphatic rings. The third-order valence-corrected chi connectivity index (χ3v) is 11.2. The summed E-state index contributed by atoms with van der Waals surface area (Å²) in [6.45, 7) is 0. The minimum Gasteiger partial charge on any atom is -0.461 e. The second kappa shape index (κ2) is 8.11. The van der Waals surface area contributed by atoms with Gasteiger partial charge in [0.05, 0.1) is 11.8 Å². The van der Waals surface area contributed by atoms with Crippen molar-refractivity contribution in [2.45, 2.75) is 75.0 Å². The summed E-state index contributed by atoms with van der Waals surface area (Å²) in [6, 6.07) is 0. The minimum atomic E-state index is -6.60. The van der Waals surface area contributed by atoms with E-state index in [2.05, 4.69) is 4.74 Å². The van der Waals surface area contributed by atoms with Crippen LogP contribution in [0, 0.1) is 52.8 Å². The number of hydrogen-bond acceptors (Lipinski definition) is 7. The number of ketones is 1. The van der Waals surface area contributed by atoms with Gasteiger partial charge < -0.3 is 9.47 Å². The molecule has 14 heteroatoms. The van der Waals surface area contributed by atoms with Crippen LogP contribution in [-0.2, 0) is 34.0 Å². The van der Waals surface area contributed by atoms with Crippen molar-refractivity contribution in [1.82, 2.24) is 0 Å². The molecule has 1 heterocycles. The average Bonchev–Trinajstić information content (AvgIpc) is 3.38. The van der Waals surface area contributed by atoms with Crippen molar-refractivity contribution in [2.24, 2.45) is 52.8 Å². The molecule has 7 fully saturated rings. The molecule has 6 bridgehead atoms. The van der Waals surface area contributed by atoms with Crippen LogP contribution < -0.4 is 0 Å². The van der Waals surface area contributed by atoms with Crippen molar-refractivity contribution in [3.05, 3.63) is 0 Å². The van der Waals surface area contributed by atoms with Gasteiger partial charge >= 0.3 is 33.5 Å². The van der Waals surface area contributed by atoms with Crippen LogP contribution in [0.25, 0.3) is 0 Å². The Morgan fingerprint density at radius 1 is 1.00 bits per heavy atom. The molecular formula is C24H27F5O8S. The second-order valence-electron chi connectivity index (χ2n) is 12.4. The number of ether oxygens (including phenoxy) is 2. The molecule has 7 atom stereocenters. The Balaban J connectivity index is 1.24. The second-order valence-corrected chi connectivity index (χ2v) is 13.9. The van der Waals surface area contributed by atoms with Crippen LogP contribution in [0.2, 0.25) is 0 Å². The topological polar surface area (TPSA) is 124 Å². The molecule has 6 aliphatic carbocycles. The van der Waals surface area contributed by atoms with Crippen LogP contribution in [0.4, 0.5) is 22.0 Å². The van der Waals surface area contributed by atoms with Crippen molar-refractivity contribution >= 4 is 27.8 Å². The summed E-state index contributed by atoms with van der Waals surface area (Å²) in [5.41, 5.74) is -0.493. The molecule has 212 valence electrons. The molecular weight excluding hydrogens is 543 g/mol. The monoisotopic (exact) mass is 570 g/mol. The summed E-state index contributed by atoms with van der Waals surface area (Å²) in [6.07, 6.45) is -5.45. The van der Waals surface area contributed by atoms with Crippen molar-refractivity contribution in [2.75, 3.05) is 0 Å². The lowest BCUT2D eigenvalue weighted by molar-refractivity contribution is -0.261. The van der Waals surface area contributed by atoms with E-state index in [0.717, 1.165) is 38.5 Å². The van der Waals surface area contributed by atoms with E-state index in [1.807, 2.05) is 0 Å². The van der Waals surface area contributed by atoms with E-state index >= 15 is 0 Å². The summed E-state index contributed by atoms with van der Waals surface area (Å²) in [5, 5.41) is -5.87. The largest absolute Gasteiger partial charge is 0.461 e. The van der Waals surface area contributed by atoms with E-state index in [0.29, 0.717) is 17.8 Å². The molecule has 0 radical (unpaired) electrons. The van der Waals surface area contributed by atoms with Gasteiger partial charge in [-0.3, -0.25) is 18.9 Å². The normalized spacial score (nSPS) is 43.8. The third-order valence-electron chi connectivity index (χ3n) is 10.3. The molecule has 1 N–H and O–H groups in total. The number of Topliss-reactive ketones (excluding diaryl/α,β-unsaturated/α-hetero) is 1. The Hall–Kier alpha value is -1.83. The highest BCUT2D eigenvalue weighted by Crippen LogP contribution is 2.64. The van der Waals surface area contributed by atoms with Gasteiger partial charge in [-0.05, 0) is 68.6 Å². The predicted octanol–water partition coefficient (Wildman–Crippen LogP) is 3.54. The Morgan fingerprint density at radius 3 is 2.05 bits per heavy atom. The molecule has 0 aromatic heterocycles. The number of carbonyl (C=O) groups is 3. The zero-order chi connectivity index (χ0) is 27.6. The van der Waals surface area contributed by atoms with E-state index in [1.165, 1.54) is 0 Å². The van der Waals surface area contributed by atoms with Crippen LogP contribution in [-0.4, -0.2) is 54.3 Å². The maximum absolute atomic E-state index is 14.0. The number of hydrogen-bond donors (Lipinski definition) is 1. The number of carbonyl (C=O) groups excluding carboxylic acids is 3. The zero-order valence-electron chi connectivity index (χ0n) is 20.0. The number of esters is 2. The summed E-state index contributed by atoms with van der Waals surface area (Å²) >= 11 is 0. The van der Waals surface area contributed by atoms with Crippen LogP contribution in [0.15, 0.2) is 0 Å². The first-order chi connectivity index (χ1) is 17.5.